The average Bonchev–Trinajstić information content (AvgIpc) is 2.38. The zero-order chi connectivity index (χ0) is 14.3. The molecule has 0 fully saturated rings. The van der Waals surface area contributed by atoms with Crippen LogP contribution in [0.15, 0.2) is 18.2 Å². The zero-order valence-corrected chi connectivity index (χ0v) is 11.3. The Labute approximate surface area is 112 Å². The smallest absolute Gasteiger partial charge is 0.270 e. The number of non-ortho nitro benzene ring substituents is 1. The first-order valence-electron chi connectivity index (χ1n) is 6.48. The lowest BCUT2D eigenvalue weighted by molar-refractivity contribution is -0.384. The summed E-state index contributed by atoms with van der Waals surface area (Å²) in [6.45, 7) is 4.03. The van der Waals surface area contributed by atoms with Crippen LogP contribution in [-0.2, 0) is 0 Å². The fourth-order valence-corrected chi connectivity index (χ4v) is 1.74. The van der Waals surface area contributed by atoms with Crippen molar-refractivity contribution < 1.29 is 14.5 Å². The van der Waals surface area contributed by atoms with Crippen molar-refractivity contribution in [2.45, 2.75) is 39.5 Å². The highest BCUT2D eigenvalue weighted by molar-refractivity contribution is 5.97. The second-order valence-electron chi connectivity index (χ2n) is 4.40. The van der Waals surface area contributed by atoms with Gasteiger partial charge in [-0.3, -0.25) is 14.9 Å². The van der Waals surface area contributed by atoms with E-state index in [0.29, 0.717) is 12.4 Å². The van der Waals surface area contributed by atoms with Crippen LogP contribution in [0.4, 0.5) is 5.69 Å². The van der Waals surface area contributed by atoms with Crippen molar-refractivity contribution in [1.29, 1.82) is 0 Å². The molecule has 0 unspecified atom stereocenters. The maximum absolute atomic E-state index is 11.5. The third-order valence-electron chi connectivity index (χ3n) is 2.81. The predicted octanol–water partition coefficient (Wildman–Crippen LogP) is 3.76. The van der Waals surface area contributed by atoms with Crippen molar-refractivity contribution in [3.63, 3.8) is 0 Å². The van der Waals surface area contributed by atoms with E-state index in [2.05, 4.69) is 6.92 Å². The summed E-state index contributed by atoms with van der Waals surface area (Å²) in [6.07, 6.45) is 4.31. The van der Waals surface area contributed by atoms with Gasteiger partial charge in [0.05, 0.1) is 17.1 Å². The summed E-state index contributed by atoms with van der Waals surface area (Å²) in [4.78, 5) is 21.6. The molecule has 0 saturated heterocycles. The number of nitro benzene ring substituents is 1. The van der Waals surface area contributed by atoms with Crippen LogP contribution in [0.5, 0.6) is 5.75 Å². The van der Waals surface area contributed by atoms with E-state index in [9.17, 15) is 14.9 Å². The standard InChI is InChI=1S/C14H19NO4/c1-3-4-5-6-9-19-14-8-7-12(15(17)18)10-13(14)11(2)16/h7-8,10H,3-6,9H2,1-2H3. The number of rotatable bonds is 8. The summed E-state index contributed by atoms with van der Waals surface area (Å²) in [6, 6.07) is 4.12. The number of ketones is 1. The van der Waals surface area contributed by atoms with E-state index >= 15 is 0 Å². The topological polar surface area (TPSA) is 69.4 Å². The van der Waals surface area contributed by atoms with Crippen LogP contribution in [0, 0.1) is 10.1 Å². The first-order chi connectivity index (χ1) is 9.06. The minimum Gasteiger partial charge on any atom is -0.493 e. The SMILES string of the molecule is CCCCCCOc1ccc([N+](=O)[O-])cc1C(C)=O. The lowest BCUT2D eigenvalue weighted by Crippen LogP contribution is -2.04. The van der Waals surface area contributed by atoms with Crippen LogP contribution >= 0.6 is 0 Å². The molecule has 0 aliphatic rings. The number of ether oxygens (including phenoxy) is 1. The van der Waals surface area contributed by atoms with Crippen molar-refractivity contribution >= 4 is 11.5 Å². The van der Waals surface area contributed by atoms with E-state index in [4.69, 9.17) is 4.74 Å². The number of carbonyl (C=O) groups excluding carboxylic acids is 1. The van der Waals surface area contributed by atoms with Crippen molar-refractivity contribution in [2.24, 2.45) is 0 Å². The molecule has 1 aromatic rings. The van der Waals surface area contributed by atoms with E-state index in [-0.39, 0.29) is 17.0 Å². The highest BCUT2D eigenvalue weighted by Gasteiger charge is 2.14. The Hall–Kier alpha value is -1.91. The van der Waals surface area contributed by atoms with Crippen molar-refractivity contribution in [2.75, 3.05) is 6.61 Å². The normalized spacial score (nSPS) is 10.2. The Bertz CT molecular complexity index is 457. The molecule has 5 nitrogen and oxygen atoms in total. The molecule has 1 rings (SSSR count). The third-order valence-corrected chi connectivity index (χ3v) is 2.81. The lowest BCUT2D eigenvalue weighted by Gasteiger charge is -2.09. The quantitative estimate of drug-likeness (QED) is 0.310. The Morgan fingerprint density at radius 3 is 2.63 bits per heavy atom. The number of unbranched alkanes of at least 4 members (excludes halogenated alkanes) is 3. The third kappa shape index (κ3) is 4.69. The van der Waals surface area contributed by atoms with Crippen LogP contribution in [0.2, 0.25) is 0 Å². The largest absolute Gasteiger partial charge is 0.493 e. The van der Waals surface area contributed by atoms with Crippen LogP contribution in [-0.4, -0.2) is 17.3 Å². The minimum atomic E-state index is -0.516. The van der Waals surface area contributed by atoms with Gasteiger partial charge in [0, 0.05) is 12.1 Å². The predicted molar refractivity (Wildman–Crippen MR) is 72.7 cm³/mol. The van der Waals surface area contributed by atoms with Gasteiger partial charge in [-0.25, -0.2) is 0 Å². The summed E-state index contributed by atoms with van der Waals surface area (Å²) < 4.78 is 5.54. The van der Waals surface area contributed by atoms with E-state index < -0.39 is 4.92 Å². The van der Waals surface area contributed by atoms with Crippen molar-refractivity contribution in [3.8, 4) is 5.75 Å². The van der Waals surface area contributed by atoms with Crippen LogP contribution in [0.3, 0.4) is 0 Å². The van der Waals surface area contributed by atoms with Gasteiger partial charge in [0.1, 0.15) is 5.75 Å². The van der Waals surface area contributed by atoms with Gasteiger partial charge in [0.2, 0.25) is 0 Å². The molecule has 19 heavy (non-hydrogen) atoms. The molecule has 0 bridgehead atoms. The molecular formula is C14H19NO4. The van der Waals surface area contributed by atoms with Crippen LogP contribution < -0.4 is 4.74 Å². The fraction of sp³-hybridized carbons (Fsp3) is 0.500. The van der Waals surface area contributed by atoms with Gasteiger partial charge in [-0.15, -0.1) is 0 Å². The van der Waals surface area contributed by atoms with E-state index in [0.717, 1.165) is 25.7 Å². The van der Waals surface area contributed by atoms with Gasteiger partial charge in [-0.2, -0.15) is 0 Å². The molecule has 104 valence electrons. The van der Waals surface area contributed by atoms with E-state index in [1.165, 1.54) is 25.1 Å². The number of benzene rings is 1. The molecular weight excluding hydrogens is 246 g/mol. The molecule has 0 amide bonds. The zero-order valence-electron chi connectivity index (χ0n) is 11.3. The second-order valence-corrected chi connectivity index (χ2v) is 4.40. The number of Topliss-reactive ketones (excluding diaryl/α,β-unsaturated/α-hetero) is 1. The molecule has 1 aromatic carbocycles. The Balaban J connectivity index is 2.71. The number of carbonyl (C=O) groups is 1. The Kier molecular flexibility index (Phi) is 5.99. The Morgan fingerprint density at radius 1 is 1.32 bits per heavy atom. The van der Waals surface area contributed by atoms with Crippen molar-refractivity contribution in [1.82, 2.24) is 0 Å². The molecule has 0 radical (unpaired) electrons. The number of hydrogen-bond acceptors (Lipinski definition) is 4. The second kappa shape index (κ2) is 7.51. The number of hydrogen-bond donors (Lipinski definition) is 0. The fourth-order valence-electron chi connectivity index (χ4n) is 1.74. The monoisotopic (exact) mass is 265 g/mol. The molecule has 0 atom stereocenters. The summed E-state index contributed by atoms with van der Waals surface area (Å²) in [5.41, 5.74) is 0.174. The molecule has 0 N–H and O–H groups in total. The molecule has 0 heterocycles. The lowest BCUT2D eigenvalue weighted by atomic mass is 10.1. The van der Waals surface area contributed by atoms with Gasteiger partial charge < -0.3 is 4.74 Å². The molecule has 5 heteroatoms. The average molecular weight is 265 g/mol. The van der Waals surface area contributed by atoms with E-state index in [1.807, 2.05) is 0 Å². The van der Waals surface area contributed by atoms with E-state index in [1.54, 1.807) is 0 Å². The van der Waals surface area contributed by atoms with Crippen LogP contribution in [0.25, 0.3) is 0 Å². The molecule has 0 aliphatic heterocycles. The maximum Gasteiger partial charge on any atom is 0.270 e. The van der Waals surface area contributed by atoms with Gasteiger partial charge in [0.15, 0.2) is 5.78 Å². The molecule has 0 spiro atoms. The minimum absolute atomic E-state index is 0.0940. The summed E-state index contributed by atoms with van der Waals surface area (Å²) >= 11 is 0. The molecule has 0 aromatic heterocycles. The highest BCUT2D eigenvalue weighted by Crippen LogP contribution is 2.25. The van der Waals surface area contributed by atoms with Gasteiger partial charge in [-0.05, 0) is 19.4 Å². The van der Waals surface area contributed by atoms with Gasteiger partial charge in [-0.1, -0.05) is 26.2 Å². The summed E-state index contributed by atoms with van der Waals surface area (Å²) in [5, 5.41) is 10.7. The van der Waals surface area contributed by atoms with Crippen molar-refractivity contribution in [3.05, 3.63) is 33.9 Å². The summed E-state index contributed by atoms with van der Waals surface area (Å²) in [7, 11) is 0. The highest BCUT2D eigenvalue weighted by atomic mass is 16.6. The molecule has 0 aliphatic carbocycles. The van der Waals surface area contributed by atoms with Crippen LogP contribution in [0.1, 0.15) is 49.9 Å². The Morgan fingerprint density at radius 2 is 2.05 bits per heavy atom. The molecule has 0 saturated carbocycles. The summed E-state index contributed by atoms with van der Waals surface area (Å²) in [5.74, 6) is 0.196. The maximum atomic E-state index is 11.5. The number of nitro groups is 1. The van der Waals surface area contributed by atoms with Gasteiger partial charge >= 0.3 is 0 Å². The van der Waals surface area contributed by atoms with Gasteiger partial charge in [0.25, 0.3) is 5.69 Å². The first kappa shape index (κ1) is 15.1. The first-order valence-corrected chi connectivity index (χ1v) is 6.48. The number of nitrogens with zero attached hydrogens (tertiary/aromatic N) is 1.